The minimum atomic E-state index is -3.21. The van der Waals surface area contributed by atoms with Gasteiger partial charge in [0, 0.05) is 43.7 Å². The van der Waals surface area contributed by atoms with Gasteiger partial charge in [-0.25, -0.2) is 22.5 Å². The van der Waals surface area contributed by atoms with Crippen LogP contribution in [0.2, 0.25) is 0 Å². The lowest BCUT2D eigenvalue weighted by atomic mass is 10.2. The summed E-state index contributed by atoms with van der Waals surface area (Å²) < 4.78 is 53.0. The van der Waals surface area contributed by atoms with Gasteiger partial charge in [-0.05, 0) is 6.07 Å². The largest absolute Gasteiger partial charge is 0.505 e. The van der Waals surface area contributed by atoms with Gasteiger partial charge in [-0.15, -0.1) is 0 Å². The standard InChI is InChI=1S/C17H17F2N5O3S/c1-28(26,27)23-4-2-22(3-5-23)16-6-11-9-21-24(14(11)10-20-16)12-7-13(18)17(19)15(25)8-12/h6-10,25H,2-5H2,1H3. The zero-order valence-electron chi connectivity index (χ0n) is 14.9. The molecule has 8 nitrogen and oxygen atoms in total. The van der Waals surface area contributed by atoms with Crippen LogP contribution in [0.3, 0.4) is 0 Å². The van der Waals surface area contributed by atoms with Crippen LogP contribution in [0.25, 0.3) is 16.6 Å². The molecule has 1 N–H and O–H groups in total. The van der Waals surface area contributed by atoms with Crippen LogP contribution in [-0.4, -0.2) is 65.0 Å². The van der Waals surface area contributed by atoms with E-state index in [1.165, 1.54) is 15.2 Å². The maximum atomic E-state index is 13.6. The van der Waals surface area contributed by atoms with Gasteiger partial charge in [-0.1, -0.05) is 0 Å². The Balaban J connectivity index is 1.62. The number of sulfonamides is 1. The van der Waals surface area contributed by atoms with Crippen molar-refractivity contribution in [3.05, 3.63) is 42.2 Å². The molecule has 0 spiro atoms. The van der Waals surface area contributed by atoms with Gasteiger partial charge in [0.05, 0.1) is 29.9 Å². The third-order valence-electron chi connectivity index (χ3n) is 4.71. The van der Waals surface area contributed by atoms with Crippen LogP contribution < -0.4 is 4.90 Å². The summed E-state index contributed by atoms with van der Waals surface area (Å²) in [4.78, 5) is 6.38. The van der Waals surface area contributed by atoms with Crippen LogP contribution in [-0.2, 0) is 10.0 Å². The molecule has 0 saturated carbocycles. The number of nitrogens with zero attached hydrogens (tertiary/aromatic N) is 5. The summed E-state index contributed by atoms with van der Waals surface area (Å²) in [5.74, 6) is -2.61. The number of aromatic hydroxyl groups is 1. The van der Waals surface area contributed by atoms with Crippen molar-refractivity contribution in [1.29, 1.82) is 0 Å². The van der Waals surface area contributed by atoms with Crippen LogP contribution in [0.4, 0.5) is 14.6 Å². The Bertz CT molecular complexity index is 1130. The van der Waals surface area contributed by atoms with Crippen molar-refractivity contribution in [3.63, 3.8) is 0 Å². The van der Waals surface area contributed by atoms with Crippen LogP contribution in [0.15, 0.2) is 30.6 Å². The number of hydrogen-bond donors (Lipinski definition) is 1. The predicted molar refractivity (Wildman–Crippen MR) is 99.1 cm³/mol. The lowest BCUT2D eigenvalue weighted by Gasteiger charge is -2.33. The smallest absolute Gasteiger partial charge is 0.211 e. The summed E-state index contributed by atoms with van der Waals surface area (Å²) in [6, 6.07) is 3.83. The molecule has 0 bridgehead atoms. The second-order valence-corrected chi connectivity index (χ2v) is 8.55. The van der Waals surface area contributed by atoms with Crippen molar-refractivity contribution in [2.45, 2.75) is 0 Å². The van der Waals surface area contributed by atoms with Gasteiger partial charge in [0.1, 0.15) is 5.82 Å². The van der Waals surface area contributed by atoms with Gasteiger partial charge < -0.3 is 10.0 Å². The Morgan fingerprint density at radius 3 is 2.43 bits per heavy atom. The molecule has 4 rings (SSSR count). The maximum Gasteiger partial charge on any atom is 0.211 e. The Morgan fingerprint density at radius 1 is 1.07 bits per heavy atom. The summed E-state index contributed by atoms with van der Waals surface area (Å²) in [5.41, 5.74) is 0.728. The molecular weight excluding hydrogens is 392 g/mol. The van der Waals surface area contributed by atoms with E-state index in [2.05, 4.69) is 10.1 Å². The fourth-order valence-electron chi connectivity index (χ4n) is 3.23. The molecule has 28 heavy (non-hydrogen) atoms. The Morgan fingerprint density at radius 2 is 1.79 bits per heavy atom. The third-order valence-corrected chi connectivity index (χ3v) is 6.01. The van der Waals surface area contributed by atoms with Gasteiger partial charge >= 0.3 is 0 Å². The molecule has 3 aromatic rings. The lowest BCUT2D eigenvalue weighted by molar-refractivity contribution is 0.387. The van der Waals surface area contributed by atoms with Gasteiger partial charge in [-0.3, -0.25) is 0 Å². The normalized spacial score (nSPS) is 16.0. The molecule has 0 radical (unpaired) electrons. The van der Waals surface area contributed by atoms with E-state index in [1.54, 1.807) is 18.5 Å². The van der Waals surface area contributed by atoms with E-state index in [0.29, 0.717) is 37.5 Å². The molecule has 0 amide bonds. The van der Waals surface area contributed by atoms with Crippen molar-refractivity contribution in [1.82, 2.24) is 19.1 Å². The number of aromatic nitrogens is 3. The second kappa shape index (κ2) is 6.67. The Hall–Kier alpha value is -2.79. The van der Waals surface area contributed by atoms with Crippen LogP contribution in [0, 0.1) is 11.6 Å². The number of benzene rings is 1. The van der Waals surface area contributed by atoms with Crippen molar-refractivity contribution in [2.75, 3.05) is 37.3 Å². The van der Waals surface area contributed by atoms with Crippen molar-refractivity contribution < 1.29 is 22.3 Å². The topological polar surface area (TPSA) is 91.6 Å². The van der Waals surface area contributed by atoms with Crippen molar-refractivity contribution >= 4 is 26.7 Å². The van der Waals surface area contributed by atoms with Gasteiger partial charge in [0.15, 0.2) is 17.4 Å². The van der Waals surface area contributed by atoms with Gasteiger partial charge in [0.2, 0.25) is 10.0 Å². The summed E-state index contributed by atoms with van der Waals surface area (Å²) >= 11 is 0. The fourth-order valence-corrected chi connectivity index (χ4v) is 4.05. The van der Waals surface area contributed by atoms with Crippen LogP contribution in [0.5, 0.6) is 5.75 Å². The van der Waals surface area contributed by atoms with Crippen molar-refractivity contribution in [3.8, 4) is 11.4 Å². The molecule has 1 aromatic carbocycles. The summed E-state index contributed by atoms with van der Waals surface area (Å²) in [7, 11) is -3.21. The number of halogens is 2. The predicted octanol–water partition coefficient (Wildman–Crippen LogP) is 1.49. The maximum absolute atomic E-state index is 13.6. The highest BCUT2D eigenvalue weighted by molar-refractivity contribution is 7.88. The number of phenolic OH excluding ortho intramolecular Hbond substituents is 1. The molecule has 2 aromatic heterocycles. The summed E-state index contributed by atoms with van der Waals surface area (Å²) in [6.07, 6.45) is 4.31. The molecule has 1 fully saturated rings. The van der Waals surface area contributed by atoms with E-state index in [-0.39, 0.29) is 5.69 Å². The quantitative estimate of drug-likeness (QED) is 0.705. The molecule has 1 saturated heterocycles. The van der Waals surface area contributed by atoms with E-state index in [1.807, 2.05) is 4.90 Å². The van der Waals surface area contributed by atoms with E-state index < -0.39 is 27.4 Å². The first kappa shape index (κ1) is 18.6. The summed E-state index contributed by atoms with van der Waals surface area (Å²) in [6.45, 7) is 1.78. The number of phenols is 1. The van der Waals surface area contributed by atoms with E-state index in [0.717, 1.165) is 17.5 Å². The first-order valence-corrected chi connectivity index (χ1v) is 10.3. The molecule has 3 heterocycles. The molecule has 11 heteroatoms. The highest BCUT2D eigenvalue weighted by Crippen LogP contribution is 2.27. The van der Waals surface area contributed by atoms with Crippen molar-refractivity contribution in [2.24, 2.45) is 0 Å². The van der Waals surface area contributed by atoms with Crippen LogP contribution in [0.1, 0.15) is 0 Å². The first-order valence-electron chi connectivity index (χ1n) is 8.46. The van der Waals surface area contributed by atoms with Gasteiger partial charge in [-0.2, -0.15) is 13.8 Å². The molecule has 148 valence electrons. The first-order chi connectivity index (χ1) is 13.2. The monoisotopic (exact) mass is 409 g/mol. The molecule has 0 aliphatic carbocycles. The average molecular weight is 409 g/mol. The Kier molecular flexibility index (Phi) is 4.42. The minimum absolute atomic E-state index is 0.169. The average Bonchev–Trinajstić information content (AvgIpc) is 3.08. The number of pyridine rings is 1. The second-order valence-electron chi connectivity index (χ2n) is 6.57. The van der Waals surface area contributed by atoms with Gasteiger partial charge in [0.25, 0.3) is 0 Å². The number of fused-ring (bicyclic) bond motifs is 1. The number of piperazine rings is 1. The fraction of sp³-hybridized carbons (Fsp3) is 0.294. The van der Waals surface area contributed by atoms with E-state index >= 15 is 0 Å². The molecule has 1 aliphatic rings. The molecule has 1 aliphatic heterocycles. The zero-order chi connectivity index (χ0) is 20.1. The number of rotatable bonds is 3. The Labute approximate surface area is 159 Å². The third kappa shape index (κ3) is 3.27. The number of hydrogen-bond acceptors (Lipinski definition) is 6. The summed E-state index contributed by atoms with van der Waals surface area (Å²) in [5, 5.41) is 14.4. The lowest BCUT2D eigenvalue weighted by Crippen LogP contribution is -2.48. The van der Waals surface area contributed by atoms with E-state index in [4.69, 9.17) is 0 Å². The highest BCUT2D eigenvalue weighted by atomic mass is 32.2. The zero-order valence-corrected chi connectivity index (χ0v) is 15.7. The van der Waals surface area contributed by atoms with Crippen LogP contribution >= 0.6 is 0 Å². The molecular formula is C17H17F2N5O3S. The minimum Gasteiger partial charge on any atom is -0.505 e. The number of anilines is 1. The SMILES string of the molecule is CS(=O)(=O)N1CCN(c2cc3cnn(-c4cc(O)c(F)c(F)c4)c3cn2)CC1. The highest BCUT2D eigenvalue weighted by Gasteiger charge is 2.24. The molecule has 0 atom stereocenters. The van der Waals surface area contributed by atoms with E-state index in [9.17, 15) is 22.3 Å². The molecule has 0 unspecified atom stereocenters.